The van der Waals surface area contributed by atoms with Crippen LogP contribution in [0.4, 0.5) is 0 Å². The van der Waals surface area contributed by atoms with Gasteiger partial charge in [-0.1, -0.05) is 23.7 Å². The number of carbonyl (C=O) groups excluding carboxylic acids is 1. The van der Waals surface area contributed by atoms with E-state index in [9.17, 15) is 13.2 Å². The Morgan fingerprint density at radius 2 is 1.86 bits per heavy atom. The molecule has 0 fully saturated rings. The number of thiophene rings is 1. The second kappa shape index (κ2) is 6.17. The number of benzene rings is 1. The molecule has 0 aliphatic carbocycles. The molecule has 1 N–H and O–H groups in total. The molecule has 0 saturated heterocycles. The molecule has 1 heterocycles. The Labute approximate surface area is 132 Å². The van der Waals surface area contributed by atoms with Gasteiger partial charge in [0.15, 0.2) is 9.84 Å². The van der Waals surface area contributed by atoms with Gasteiger partial charge in [0, 0.05) is 6.26 Å². The Kier molecular flexibility index (Phi) is 4.70. The first-order valence-corrected chi connectivity index (χ1v) is 9.28. The van der Waals surface area contributed by atoms with E-state index in [0.29, 0.717) is 9.90 Å². The van der Waals surface area contributed by atoms with E-state index >= 15 is 0 Å². The SMILES string of the molecule is C[C@@H](NC(=O)c1sccc1Cl)c1ccc(S(C)(=O)=O)cc1. The predicted octanol–water partition coefficient (Wildman–Crippen LogP) is 3.30. The van der Waals surface area contributed by atoms with Crippen molar-refractivity contribution in [3.8, 4) is 0 Å². The maximum Gasteiger partial charge on any atom is 0.263 e. The van der Waals surface area contributed by atoms with Crippen molar-refractivity contribution >= 4 is 38.7 Å². The smallest absolute Gasteiger partial charge is 0.263 e. The first-order chi connectivity index (χ1) is 9.79. The molecule has 0 aliphatic heterocycles. The number of carbonyl (C=O) groups is 1. The molecule has 0 aliphatic rings. The molecule has 1 aromatic carbocycles. The number of hydrogen-bond donors (Lipinski definition) is 1. The van der Waals surface area contributed by atoms with Crippen molar-refractivity contribution in [1.82, 2.24) is 5.32 Å². The van der Waals surface area contributed by atoms with Gasteiger partial charge in [-0.3, -0.25) is 4.79 Å². The van der Waals surface area contributed by atoms with E-state index < -0.39 is 9.84 Å². The van der Waals surface area contributed by atoms with Gasteiger partial charge in [-0.2, -0.15) is 0 Å². The van der Waals surface area contributed by atoms with Crippen LogP contribution in [0.3, 0.4) is 0 Å². The van der Waals surface area contributed by atoms with E-state index in [1.165, 1.54) is 23.5 Å². The Bertz CT molecular complexity index is 751. The predicted molar refractivity (Wildman–Crippen MR) is 84.8 cm³/mol. The van der Waals surface area contributed by atoms with Crippen molar-refractivity contribution < 1.29 is 13.2 Å². The highest BCUT2D eigenvalue weighted by Gasteiger charge is 2.16. The van der Waals surface area contributed by atoms with Gasteiger partial charge >= 0.3 is 0 Å². The highest BCUT2D eigenvalue weighted by molar-refractivity contribution is 7.90. The van der Waals surface area contributed by atoms with Crippen molar-refractivity contribution in [2.75, 3.05) is 6.26 Å². The number of halogens is 1. The van der Waals surface area contributed by atoms with E-state index in [4.69, 9.17) is 11.6 Å². The van der Waals surface area contributed by atoms with Crippen molar-refractivity contribution in [1.29, 1.82) is 0 Å². The van der Waals surface area contributed by atoms with E-state index in [-0.39, 0.29) is 16.8 Å². The lowest BCUT2D eigenvalue weighted by atomic mass is 10.1. The zero-order valence-electron chi connectivity index (χ0n) is 11.5. The van der Waals surface area contributed by atoms with Crippen molar-refractivity contribution in [3.63, 3.8) is 0 Å². The van der Waals surface area contributed by atoms with E-state index in [1.54, 1.807) is 23.6 Å². The van der Waals surface area contributed by atoms with Crippen LogP contribution in [0.15, 0.2) is 40.6 Å². The molecule has 0 spiro atoms. The number of rotatable bonds is 4. The largest absolute Gasteiger partial charge is 0.345 e. The molecule has 1 atom stereocenters. The third-order valence-electron chi connectivity index (χ3n) is 2.98. The minimum absolute atomic E-state index is 0.241. The first-order valence-electron chi connectivity index (χ1n) is 6.13. The molecule has 21 heavy (non-hydrogen) atoms. The Hall–Kier alpha value is -1.37. The van der Waals surface area contributed by atoms with Gasteiger partial charge in [-0.05, 0) is 36.1 Å². The minimum atomic E-state index is -3.21. The summed E-state index contributed by atoms with van der Waals surface area (Å²) in [4.78, 5) is 12.8. The van der Waals surface area contributed by atoms with Gasteiger partial charge in [-0.25, -0.2) is 8.42 Å². The van der Waals surface area contributed by atoms with Gasteiger partial charge in [0.2, 0.25) is 0 Å². The standard InChI is InChI=1S/C14H14ClNO3S2/c1-9(16-14(17)13-12(15)7-8-20-13)10-3-5-11(6-4-10)21(2,18)19/h3-9H,1-2H3,(H,16,17)/t9-/m1/s1. The average Bonchev–Trinajstić information content (AvgIpc) is 2.84. The van der Waals surface area contributed by atoms with Crippen molar-refractivity contribution in [2.24, 2.45) is 0 Å². The normalized spacial score (nSPS) is 12.9. The van der Waals surface area contributed by atoms with Crippen LogP contribution in [0.2, 0.25) is 5.02 Å². The number of hydrogen-bond acceptors (Lipinski definition) is 4. The van der Waals surface area contributed by atoms with Crippen LogP contribution < -0.4 is 5.32 Å². The van der Waals surface area contributed by atoms with E-state index in [1.807, 2.05) is 6.92 Å². The fourth-order valence-electron chi connectivity index (χ4n) is 1.80. The summed E-state index contributed by atoms with van der Waals surface area (Å²) in [5, 5.41) is 5.02. The van der Waals surface area contributed by atoms with Gasteiger partial charge in [-0.15, -0.1) is 11.3 Å². The molecular formula is C14H14ClNO3S2. The molecule has 1 aromatic heterocycles. The zero-order valence-corrected chi connectivity index (χ0v) is 13.8. The summed E-state index contributed by atoms with van der Waals surface area (Å²) < 4.78 is 22.8. The molecule has 4 nitrogen and oxygen atoms in total. The summed E-state index contributed by atoms with van der Waals surface area (Å²) in [6.07, 6.45) is 1.16. The molecule has 112 valence electrons. The average molecular weight is 344 g/mol. The quantitative estimate of drug-likeness (QED) is 0.926. The van der Waals surface area contributed by atoms with Crippen LogP contribution in [0.1, 0.15) is 28.2 Å². The molecule has 0 radical (unpaired) electrons. The molecular weight excluding hydrogens is 330 g/mol. The van der Waals surface area contributed by atoms with E-state index in [0.717, 1.165) is 11.8 Å². The van der Waals surface area contributed by atoms with Crippen molar-refractivity contribution in [2.45, 2.75) is 17.9 Å². The first kappa shape index (κ1) is 16.0. The van der Waals surface area contributed by atoms with Crippen LogP contribution in [-0.2, 0) is 9.84 Å². The molecule has 2 rings (SSSR count). The summed E-state index contributed by atoms with van der Waals surface area (Å²) >= 11 is 7.20. The summed E-state index contributed by atoms with van der Waals surface area (Å²) in [5.41, 5.74) is 0.823. The van der Waals surface area contributed by atoms with Crippen molar-refractivity contribution in [3.05, 3.63) is 51.2 Å². The molecule has 0 bridgehead atoms. The molecule has 0 unspecified atom stereocenters. The highest BCUT2D eigenvalue weighted by atomic mass is 35.5. The molecule has 2 aromatic rings. The molecule has 1 amide bonds. The maximum atomic E-state index is 12.1. The van der Waals surface area contributed by atoms with Gasteiger partial charge in [0.1, 0.15) is 4.88 Å². The van der Waals surface area contributed by atoms with Crippen LogP contribution in [0.5, 0.6) is 0 Å². The fraction of sp³-hybridized carbons (Fsp3) is 0.214. The Balaban J connectivity index is 2.12. The third kappa shape index (κ3) is 3.84. The third-order valence-corrected chi connectivity index (χ3v) is 5.45. The molecule has 7 heteroatoms. The van der Waals surface area contributed by atoms with Crippen LogP contribution in [0, 0.1) is 0 Å². The summed E-state index contributed by atoms with van der Waals surface area (Å²) in [5.74, 6) is -0.241. The minimum Gasteiger partial charge on any atom is -0.345 e. The van der Waals surface area contributed by atoms with Gasteiger partial charge in [0.05, 0.1) is 16.0 Å². The number of amides is 1. The van der Waals surface area contributed by atoms with Crippen LogP contribution in [-0.4, -0.2) is 20.6 Å². The lowest BCUT2D eigenvalue weighted by Crippen LogP contribution is -2.26. The summed E-state index contributed by atoms with van der Waals surface area (Å²) in [6, 6.07) is 7.88. The summed E-state index contributed by atoms with van der Waals surface area (Å²) in [6.45, 7) is 1.83. The Morgan fingerprint density at radius 3 is 2.33 bits per heavy atom. The second-order valence-corrected chi connectivity index (χ2v) is 7.97. The van der Waals surface area contributed by atoms with E-state index in [2.05, 4.69) is 5.32 Å². The fourth-order valence-corrected chi connectivity index (χ4v) is 3.48. The highest BCUT2D eigenvalue weighted by Crippen LogP contribution is 2.23. The van der Waals surface area contributed by atoms with Crippen LogP contribution >= 0.6 is 22.9 Å². The maximum absolute atomic E-state index is 12.1. The topological polar surface area (TPSA) is 63.2 Å². The van der Waals surface area contributed by atoms with Crippen LogP contribution in [0.25, 0.3) is 0 Å². The van der Waals surface area contributed by atoms with Gasteiger partial charge in [0.25, 0.3) is 5.91 Å². The van der Waals surface area contributed by atoms with Gasteiger partial charge < -0.3 is 5.32 Å². The zero-order chi connectivity index (χ0) is 15.6. The number of sulfone groups is 1. The molecule has 0 saturated carbocycles. The number of nitrogens with one attached hydrogen (secondary N) is 1. The Morgan fingerprint density at radius 1 is 1.24 bits per heavy atom. The second-order valence-electron chi connectivity index (χ2n) is 4.63. The lowest BCUT2D eigenvalue weighted by molar-refractivity contribution is 0.0944. The summed E-state index contributed by atoms with van der Waals surface area (Å²) in [7, 11) is -3.21. The lowest BCUT2D eigenvalue weighted by Gasteiger charge is -2.14. The monoisotopic (exact) mass is 343 g/mol.